The zero-order valence-corrected chi connectivity index (χ0v) is 12.4. The Kier molecular flexibility index (Phi) is 10.2. The van der Waals surface area contributed by atoms with Crippen LogP contribution in [0.15, 0.2) is 55.2 Å². The van der Waals surface area contributed by atoms with E-state index >= 15 is 0 Å². The molecule has 1 aromatic rings. The molecule has 0 unspecified atom stereocenters. The topological polar surface area (TPSA) is 21.3 Å². The van der Waals surface area contributed by atoms with Crippen molar-refractivity contribution in [3.05, 3.63) is 66.3 Å². The molecule has 0 saturated carbocycles. The Hall–Kier alpha value is -1.80. The molecule has 0 aliphatic heterocycles. The second kappa shape index (κ2) is 11.3. The molecule has 0 atom stereocenters. The Morgan fingerprint density at radius 3 is 2.53 bits per heavy atom. The van der Waals surface area contributed by atoms with E-state index < -0.39 is 0 Å². The first-order valence-corrected chi connectivity index (χ1v) is 6.38. The third-order valence-electron chi connectivity index (χ3n) is 2.47. The number of hydrogen-bond acceptors (Lipinski definition) is 2. The van der Waals surface area contributed by atoms with Crippen molar-refractivity contribution in [1.29, 1.82) is 0 Å². The molecule has 1 N–H and O–H groups in total. The number of benzene rings is 1. The predicted octanol–water partition coefficient (Wildman–Crippen LogP) is 4.03. The van der Waals surface area contributed by atoms with Crippen molar-refractivity contribution in [3.63, 3.8) is 0 Å². The highest BCUT2D eigenvalue weighted by atomic mass is 16.5. The van der Waals surface area contributed by atoms with E-state index in [-0.39, 0.29) is 0 Å². The first-order valence-electron chi connectivity index (χ1n) is 6.38. The van der Waals surface area contributed by atoms with Crippen molar-refractivity contribution in [2.45, 2.75) is 20.4 Å². The van der Waals surface area contributed by atoms with E-state index in [1.54, 1.807) is 13.2 Å². The third-order valence-corrected chi connectivity index (χ3v) is 2.47. The van der Waals surface area contributed by atoms with Gasteiger partial charge in [0, 0.05) is 6.54 Å². The third kappa shape index (κ3) is 8.01. The number of aryl methyl sites for hydroxylation is 1. The first kappa shape index (κ1) is 17.2. The van der Waals surface area contributed by atoms with Gasteiger partial charge in [0.2, 0.25) is 0 Å². The number of allylic oxidation sites excluding steroid dienone is 5. The van der Waals surface area contributed by atoms with E-state index in [9.17, 15) is 0 Å². The van der Waals surface area contributed by atoms with Crippen molar-refractivity contribution in [1.82, 2.24) is 5.32 Å². The average Bonchev–Trinajstić information content (AvgIpc) is 2.43. The molecule has 0 aliphatic rings. The molecule has 0 aliphatic carbocycles. The molecule has 0 amide bonds. The van der Waals surface area contributed by atoms with Gasteiger partial charge in [-0.2, -0.15) is 0 Å². The minimum Gasteiger partial charge on any atom is -0.497 e. The van der Waals surface area contributed by atoms with Crippen molar-refractivity contribution >= 4 is 0 Å². The van der Waals surface area contributed by atoms with Crippen molar-refractivity contribution in [2.24, 2.45) is 0 Å². The lowest BCUT2D eigenvalue weighted by Crippen LogP contribution is -2.06. The van der Waals surface area contributed by atoms with Crippen molar-refractivity contribution < 1.29 is 4.74 Å². The summed E-state index contributed by atoms with van der Waals surface area (Å²) >= 11 is 0. The summed E-state index contributed by atoms with van der Waals surface area (Å²) in [7, 11) is 3.63. The molecule has 0 saturated heterocycles. The molecule has 1 aromatic carbocycles. The highest BCUT2D eigenvalue weighted by molar-refractivity contribution is 5.34. The minimum absolute atomic E-state index is 0.892. The van der Waals surface area contributed by atoms with Crippen LogP contribution < -0.4 is 10.1 Å². The maximum absolute atomic E-state index is 5.13. The van der Waals surface area contributed by atoms with Crippen LogP contribution in [0.1, 0.15) is 18.1 Å². The number of methoxy groups -OCH3 is 1. The van der Waals surface area contributed by atoms with Crippen LogP contribution in [0.25, 0.3) is 0 Å². The second-order valence-corrected chi connectivity index (χ2v) is 3.97. The van der Waals surface area contributed by atoms with Gasteiger partial charge in [-0.05, 0) is 44.2 Å². The van der Waals surface area contributed by atoms with E-state index in [2.05, 4.69) is 31.0 Å². The van der Waals surface area contributed by atoms with Gasteiger partial charge in [0.05, 0.1) is 7.11 Å². The quantitative estimate of drug-likeness (QED) is 0.806. The van der Waals surface area contributed by atoms with Gasteiger partial charge in [-0.15, -0.1) is 0 Å². The standard InChI is InChI=1S/C10H15NO.C7H10/c1-8-4-5-10(12-3)6-9(8)7-11-2;1-3-5-7-6-4-2/h4-6,11H,7H2,1-3H3;3-7H,1H2,2H3/b;6-4-,7-5-. The minimum atomic E-state index is 0.892. The number of rotatable bonds is 5. The first-order chi connectivity index (χ1) is 9.19. The number of nitrogens with one attached hydrogen (secondary N) is 1. The summed E-state index contributed by atoms with van der Waals surface area (Å²) in [6, 6.07) is 6.12. The van der Waals surface area contributed by atoms with Crippen LogP contribution in [0.4, 0.5) is 0 Å². The maximum Gasteiger partial charge on any atom is 0.119 e. The van der Waals surface area contributed by atoms with Gasteiger partial charge in [0.1, 0.15) is 5.75 Å². The Morgan fingerprint density at radius 1 is 1.26 bits per heavy atom. The fourth-order valence-electron chi connectivity index (χ4n) is 1.41. The SMILES string of the molecule is C=C/C=C\C=C/C.CNCc1cc(OC)ccc1C. The fraction of sp³-hybridized carbons (Fsp3) is 0.294. The normalized spacial score (nSPS) is 10.3. The molecule has 0 spiro atoms. The Bertz CT molecular complexity index is 419. The summed E-state index contributed by atoms with van der Waals surface area (Å²) < 4.78 is 5.13. The van der Waals surface area contributed by atoms with E-state index in [1.807, 2.05) is 44.3 Å². The van der Waals surface area contributed by atoms with E-state index in [0.717, 1.165) is 12.3 Å². The highest BCUT2D eigenvalue weighted by Gasteiger charge is 1.98. The molecule has 104 valence electrons. The summed E-state index contributed by atoms with van der Waals surface area (Å²) in [5, 5.41) is 3.12. The zero-order valence-electron chi connectivity index (χ0n) is 12.4. The molecule has 0 aromatic heterocycles. The molecule has 2 nitrogen and oxygen atoms in total. The van der Waals surface area contributed by atoms with Gasteiger partial charge in [-0.3, -0.25) is 0 Å². The van der Waals surface area contributed by atoms with Gasteiger partial charge in [0.25, 0.3) is 0 Å². The van der Waals surface area contributed by atoms with Crippen LogP contribution in [-0.4, -0.2) is 14.2 Å². The molecular formula is C17H25NO. The lowest BCUT2D eigenvalue weighted by molar-refractivity contribution is 0.414. The monoisotopic (exact) mass is 259 g/mol. The Morgan fingerprint density at radius 2 is 2.00 bits per heavy atom. The Balaban J connectivity index is 0.000000399. The molecule has 0 fully saturated rings. The van der Waals surface area contributed by atoms with Crippen LogP contribution in [0.5, 0.6) is 5.75 Å². The predicted molar refractivity (Wildman–Crippen MR) is 84.6 cm³/mol. The van der Waals surface area contributed by atoms with Gasteiger partial charge in [-0.1, -0.05) is 43.0 Å². The second-order valence-electron chi connectivity index (χ2n) is 3.97. The van der Waals surface area contributed by atoms with Crippen LogP contribution >= 0.6 is 0 Å². The molecule has 1 rings (SSSR count). The van der Waals surface area contributed by atoms with Crippen LogP contribution in [0, 0.1) is 6.92 Å². The lowest BCUT2D eigenvalue weighted by Gasteiger charge is -2.07. The zero-order chi connectivity index (χ0) is 14.5. The van der Waals surface area contributed by atoms with E-state index in [4.69, 9.17) is 4.74 Å². The average molecular weight is 259 g/mol. The van der Waals surface area contributed by atoms with Gasteiger partial charge < -0.3 is 10.1 Å². The summed E-state index contributed by atoms with van der Waals surface area (Å²) in [4.78, 5) is 0. The van der Waals surface area contributed by atoms with Gasteiger partial charge in [0.15, 0.2) is 0 Å². The van der Waals surface area contributed by atoms with Crippen molar-refractivity contribution in [3.8, 4) is 5.75 Å². The van der Waals surface area contributed by atoms with Crippen molar-refractivity contribution in [2.75, 3.05) is 14.2 Å². The molecule has 0 radical (unpaired) electrons. The van der Waals surface area contributed by atoms with Gasteiger partial charge >= 0.3 is 0 Å². The fourth-order valence-corrected chi connectivity index (χ4v) is 1.41. The summed E-state index contributed by atoms with van der Waals surface area (Å²) in [5.41, 5.74) is 2.59. The molecule has 19 heavy (non-hydrogen) atoms. The van der Waals surface area contributed by atoms with E-state index in [0.29, 0.717) is 0 Å². The van der Waals surface area contributed by atoms with Crippen LogP contribution in [-0.2, 0) is 6.54 Å². The summed E-state index contributed by atoms with van der Waals surface area (Å²) in [5.74, 6) is 0.922. The molecule has 0 bridgehead atoms. The maximum atomic E-state index is 5.13. The molecular weight excluding hydrogens is 234 g/mol. The number of ether oxygens (including phenoxy) is 1. The summed E-state index contributed by atoms with van der Waals surface area (Å²) in [6.07, 6.45) is 9.51. The lowest BCUT2D eigenvalue weighted by atomic mass is 10.1. The highest BCUT2D eigenvalue weighted by Crippen LogP contribution is 2.16. The largest absolute Gasteiger partial charge is 0.497 e. The summed E-state index contributed by atoms with van der Waals surface area (Å²) in [6.45, 7) is 8.49. The molecule has 2 heteroatoms. The molecule has 0 heterocycles. The van der Waals surface area contributed by atoms with E-state index in [1.165, 1.54) is 11.1 Å². The Labute approximate surface area is 117 Å². The van der Waals surface area contributed by atoms with Gasteiger partial charge in [-0.25, -0.2) is 0 Å². The number of hydrogen-bond donors (Lipinski definition) is 1. The van der Waals surface area contributed by atoms with Crippen LogP contribution in [0.2, 0.25) is 0 Å². The van der Waals surface area contributed by atoms with Crippen LogP contribution in [0.3, 0.4) is 0 Å². The smallest absolute Gasteiger partial charge is 0.119 e.